The Balaban J connectivity index is 1.71. The minimum absolute atomic E-state index is 0.178. The summed E-state index contributed by atoms with van der Waals surface area (Å²) in [5.41, 5.74) is 0.463. The lowest BCUT2D eigenvalue weighted by Crippen LogP contribution is -2.28. The number of hydrogen-bond donors (Lipinski definition) is 0. The molecule has 0 unspecified atom stereocenters. The number of benzene rings is 1. The molecule has 3 heterocycles. The number of halogens is 5. The van der Waals surface area contributed by atoms with Crippen LogP contribution < -0.4 is 10.3 Å². The Labute approximate surface area is 226 Å². The molecule has 0 bridgehead atoms. The predicted octanol–water partition coefficient (Wildman–Crippen LogP) is 6.90. The Morgan fingerprint density at radius 2 is 1.97 bits per heavy atom. The van der Waals surface area contributed by atoms with Crippen LogP contribution in [0.1, 0.15) is 41.9 Å². The lowest BCUT2D eigenvalue weighted by atomic mass is 10.0. The maximum absolute atomic E-state index is 14.1. The zero-order valence-electron chi connectivity index (χ0n) is 21.2. The molecular weight excluding hydrogens is 536 g/mol. The van der Waals surface area contributed by atoms with E-state index in [1.54, 1.807) is 32.2 Å². The second-order valence-corrected chi connectivity index (χ2v) is 9.20. The van der Waals surface area contributed by atoms with Gasteiger partial charge in [-0.05, 0) is 51.1 Å². The van der Waals surface area contributed by atoms with E-state index in [0.717, 1.165) is 27.8 Å². The van der Waals surface area contributed by atoms with E-state index in [1.165, 1.54) is 12.3 Å². The van der Waals surface area contributed by atoms with E-state index < -0.39 is 23.1 Å². The van der Waals surface area contributed by atoms with Crippen LogP contribution in [0.25, 0.3) is 16.6 Å². The van der Waals surface area contributed by atoms with Gasteiger partial charge >= 0.3 is 6.18 Å². The first-order valence-electron chi connectivity index (χ1n) is 11.8. The van der Waals surface area contributed by atoms with Gasteiger partial charge in [-0.3, -0.25) is 14.8 Å². The quantitative estimate of drug-likeness (QED) is 0.183. The lowest BCUT2D eigenvalue weighted by molar-refractivity contribution is -0.138. The van der Waals surface area contributed by atoms with Crippen LogP contribution in [0.15, 0.2) is 69.7 Å². The number of alkyl halides is 3. The molecular formula is C28H23ClF4N4O2. The van der Waals surface area contributed by atoms with E-state index in [9.17, 15) is 22.4 Å². The molecule has 0 fully saturated rings. The summed E-state index contributed by atoms with van der Waals surface area (Å²) in [6, 6.07) is 10.2. The number of ether oxygens (including phenoxy) is 1. The number of aromatic nitrogens is 3. The van der Waals surface area contributed by atoms with Crippen molar-refractivity contribution in [2.24, 2.45) is 4.99 Å². The molecule has 39 heavy (non-hydrogen) atoms. The summed E-state index contributed by atoms with van der Waals surface area (Å²) in [4.78, 5) is 25.5. The first-order valence-corrected chi connectivity index (χ1v) is 12.2. The molecule has 6 nitrogen and oxygen atoms in total. The Bertz CT molecular complexity index is 1660. The number of allylic oxidation sites excluding steroid dienone is 1. The van der Waals surface area contributed by atoms with E-state index in [0.29, 0.717) is 33.8 Å². The van der Waals surface area contributed by atoms with Gasteiger partial charge < -0.3 is 9.30 Å². The maximum Gasteiger partial charge on any atom is 0.421 e. The van der Waals surface area contributed by atoms with Crippen molar-refractivity contribution < 1.29 is 22.3 Å². The molecule has 1 aromatic carbocycles. The van der Waals surface area contributed by atoms with Crippen molar-refractivity contribution in [2.75, 3.05) is 0 Å². The Kier molecular flexibility index (Phi) is 8.15. The highest BCUT2D eigenvalue weighted by atomic mass is 35.5. The van der Waals surface area contributed by atoms with Gasteiger partial charge in [0.1, 0.15) is 29.3 Å². The van der Waals surface area contributed by atoms with Gasteiger partial charge in [-0.15, -0.1) is 0 Å². The average molecular weight is 559 g/mol. The van der Waals surface area contributed by atoms with Gasteiger partial charge in [0.25, 0.3) is 5.56 Å². The molecule has 0 aliphatic rings. The molecule has 0 saturated carbocycles. The molecule has 0 N–H and O–H groups in total. The van der Waals surface area contributed by atoms with Crippen LogP contribution in [-0.4, -0.2) is 20.7 Å². The highest BCUT2D eigenvalue weighted by Gasteiger charge is 2.34. The third-order valence-electron chi connectivity index (χ3n) is 5.83. The van der Waals surface area contributed by atoms with Crippen LogP contribution in [0.4, 0.5) is 17.6 Å². The second kappa shape index (κ2) is 11.4. The fourth-order valence-electron chi connectivity index (χ4n) is 4.11. The fourth-order valence-corrected chi connectivity index (χ4v) is 4.26. The van der Waals surface area contributed by atoms with E-state index >= 15 is 0 Å². The minimum atomic E-state index is -4.81. The smallest absolute Gasteiger partial charge is 0.421 e. The van der Waals surface area contributed by atoms with Crippen molar-refractivity contribution in [3.8, 4) is 5.75 Å². The highest BCUT2D eigenvalue weighted by Crippen LogP contribution is 2.34. The lowest BCUT2D eigenvalue weighted by Gasteiger charge is -2.15. The van der Waals surface area contributed by atoms with Gasteiger partial charge in [0.2, 0.25) is 0 Å². The Morgan fingerprint density at radius 3 is 2.67 bits per heavy atom. The molecule has 11 heteroatoms. The highest BCUT2D eigenvalue weighted by molar-refractivity contribution is 6.32. The molecule has 0 amide bonds. The molecule has 202 valence electrons. The molecule has 0 radical (unpaired) electrons. The van der Waals surface area contributed by atoms with Crippen LogP contribution in [0.3, 0.4) is 0 Å². The molecule has 0 saturated heterocycles. The molecule has 3 aromatic heterocycles. The van der Waals surface area contributed by atoms with Gasteiger partial charge in [-0.2, -0.15) is 13.2 Å². The summed E-state index contributed by atoms with van der Waals surface area (Å²) < 4.78 is 60.7. The summed E-state index contributed by atoms with van der Waals surface area (Å²) in [7, 11) is 0. The zero-order valence-corrected chi connectivity index (χ0v) is 21.9. The van der Waals surface area contributed by atoms with Crippen molar-refractivity contribution in [1.82, 2.24) is 14.5 Å². The number of rotatable bonds is 7. The summed E-state index contributed by atoms with van der Waals surface area (Å²) in [6.45, 7) is 4.85. The summed E-state index contributed by atoms with van der Waals surface area (Å²) in [6.07, 6.45) is -1.02. The average Bonchev–Trinajstić information content (AvgIpc) is 2.87. The van der Waals surface area contributed by atoms with Crippen molar-refractivity contribution in [1.29, 1.82) is 0 Å². The van der Waals surface area contributed by atoms with Gasteiger partial charge in [0, 0.05) is 39.7 Å². The van der Waals surface area contributed by atoms with Crippen molar-refractivity contribution in [3.05, 3.63) is 104 Å². The Morgan fingerprint density at radius 1 is 1.21 bits per heavy atom. The van der Waals surface area contributed by atoms with E-state index in [-0.39, 0.29) is 24.4 Å². The number of hydrogen-bond acceptors (Lipinski definition) is 5. The molecule has 0 aliphatic carbocycles. The van der Waals surface area contributed by atoms with Crippen LogP contribution in [0.5, 0.6) is 5.75 Å². The van der Waals surface area contributed by atoms with Crippen molar-refractivity contribution >= 4 is 34.4 Å². The van der Waals surface area contributed by atoms with Crippen LogP contribution >= 0.6 is 11.6 Å². The first kappa shape index (κ1) is 28.0. The minimum Gasteiger partial charge on any atom is -0.487 e. The number of fused-ring (bicyclic) bond motifs is 1. The largest absolute Gasteiger partial charge is 0.487 e. The van der Waals surface area contributed by atoms with Gasteiger partial charge in [-0.25, -0.2) is 9.37 Å². The molecule has 4 rings (SSSR count). The second-order valence-electron chi connectivity index (χ2n) is 8.63. The summed E-state index contributed by atoms with van der Waals surface area (Å²) >= 11 is 6.32. The number of para-hydroxylation sites is 1. The molecule has 4 aromatic rings. The van der Waals surface area contributed by atoms with Crippen molar-refractivity contribution in [3.63, 3.8) is 0 Å². The topological polar surface area (TPSA) is 69.4 Å². The third-order valence-corrected chi connectivity index (χ3v) is 6.00. The SMILES string of the molecule is CC=N/C(=C(\C)Cl)c1cc(C)nc2c(OCc3cc(F)cnc3Cn3cccc(C(F)(F)F)c3=O)cccc12. The van der Waals surface area contributed by atoms with Crippen LogP contribution in [0, 0.1) is 12.7 Å². The monoisotopic (exact) mass is 558 g/mol. The van der Waals surface area contributed by atoms with Gasteiger partial charge in [0.05, 0.1) is 24.1 Å². The van der Waals surface area contributed by atoms with E-state index in [1.807, 2.05) is 19.1 Å². The molecule has 0 spiro atoms. The van der Waals surface area contributed by atoms with Gasteiger partial charge in [0.15, 0.2) is 0 Å². The number of aryl methyl sites for hydroxylation is 1. The summed E-state index contributed by atoms with van der Waals surface area (Å²) in [5, 5.41) is 1.22. The fraction of sp³-hybridized carbons (Fsp3) is 0.214. The predicted molar refractivity (Wildman–Crippen MR) is 142 cm³/mol. The zero-order chi connectivity index (χ0) is 28.3. The standard InChI is InChI=1S/C28H23ClF4N4O2/c1-4-34-25(17(3)29)21-11-16(2)36-26-20(21)7-5-9-24(26)39-15-18-12-19(30)13-35-23(18)14-37-10-6-8-22(27(37)38)28(31,32)33/h4-13H,14-15H2,1-3H3/b25-17+,34-4?. The van der Waals surface area contributed by atoms with E-state index in [4.69, 9.17) is 16.3 Å². The Hall–Kier alpha value is -4.05. The first-order chi connectivity index (χ1) is 18.5. The third kappa shape index (κ3) is 6.17. The summed E-state index contributed by atoms with van der Waals surface area (Å²) in [5.74, 6) is -0.274. The molecule has 0 atom stereocenters. The van der Waals surface area contributed by atoms with Gasteiger partial charge in [-0.1, -0.05) is 23.7 Å². The van der Waals surface area contributed by atoms with Crippen molar-refractivity contribution in [2.45, 2.75) is 40.1 Å². The maximum atomic E-state index is 14.1. The van der Waals surface area contributed by atoms with E-state index in [2.05, 4.69) is 15.0 Å². The number of aliphatic imine (C=N–C) groups is 1. The molecule has 0 aliphatic heterocycles. The van der Waals surface area contributed by atoms with Crippen LogP contribution in [-0.2, 0) is 19.3 Å². The van der Waals surface area contributed by atoms with Crippen LogP contribution in [0.2, 0.25) is 0 Å². The number of pyridine rings is 3. The number of nitrogens with zero attached hydrogens (tertiary/aromatic N) is 4. The normalized spacial score (nSPS) is 12.7.